The van der Waals surface area contributed by atoms with Gasteiger partial charge in [0, 0.05) is 6.92 Å². The molecule has 1 heterocycles. The van der Waals surface area contributed by atoms with E-state index in [0.717, 1.165) is 0 Å². The molecule has 72 valence electrons. The van der Waals surface area contributed by atoms with Crippen molar-refractivity contribution in [3.05, 3.63) is 0 Å². The predicted octanol–water partition coefficient (Wildman–Crippen LogP) is -1.11. The Hall–Kier alpha value is -1.59. The van der Waals surface area contributed by atoms with Gasteiger partial charge in [0.25, 0.3) is 0 Å². The van der Waals surface area contributed by atoms with Gasteiger partial charge in [-0.25, -0.2) is 4.79 Å². The lowest BCUT2D eigenvalue weighted by Crippen LogP contribution is -2.40. The molecule has 0 aliphatic carbocycles. The second kappa shape index (κ2) is 3.42. The standard InChI is InChI=1S/C7H9NO5/c1-3(9)13-4-2-5(10)8-6(4)7(11)12/h4,6H,2H2,1H3,(H,8,10)(H,11,12)/t4-,6-/m0/s1. The summed E-state index contributed by atoms with van der Waals surface area (Å²) in [5.41, 5.74) is 0. The fraction of sp³-hybridized carbons (Fsp3) is 0.571. The van der Waals surface area contributed by atoms with Gasteiger partial charge in [0.05, 0.1) is 6.42 Å². The normalized spacial score (nSPS) is 26.7. The molecule has 1 saturated heterocycles. The van der Waals surface area contributed by atoms with E-state index in [1.807, 2.05) is 0 Å². The Bertz CT molecular complexity index is 262. The Morgan fingerprint density at radius 1 is 1.62 bits per heavy atom. The van der Waals surface area contributed by atoms with Gasteiger partial charge in [-0.2, -0.15) is 0 Å². The molecule has 0 bridgehead atoms. The lowest BCUT2D eigenvalue weighted by Gasteiger charge is -2.13. The van der Waals surface area contributed by atoms with Gasteiger partial charge in [-0.1, -0.05) is 0 Å². The van der Waals surface area contributed by atoms with E-state index in [2.05, 4.69) is 10.1 Å². The van der Waals surface area contributed by atoms with Crippen LogP contribution in [0, 0.1) is 0 Å². The molecule has 0 aromatic rings. The number of carboxylic acids is 1. The number of ether oxygens (including phenoxy) is 1. The SMILES string of the molecule is CC(=O)O[C@H]1CC(=O)N[C@@H]1C(=O)O. The Morgan fingerprint density at radius 3 is 2.69 bits per heavy atom. The van der Waals surface area contributed by atoms with Gasteiger partial charge >= 0.3 is 11.9 Å². The Balaban J connectivity index is 2.66. The molecule has 2 N–H and O–H groups in total. The Kier molecular flexibility index (Phi) is 2.50. The molecule has 1 rings (SSSR count). The van der Waals surface area contributed by atoms with E-state index in [1.54, 1.807) is 0 Å². The molecular formula is C7H9NO5. The fourth-order valence-electron chi connectivity index (χ4n) is 1.17. The van der Waals surface area contributed by atoms with Crippen molar-refractivity contribution in [2.75, 3.05) is 0 Å². The van der Waals surface area contributed by atoms with Crippen LogP contribution in [0.25, 0.3) is 0 Å². The van der Waals surface area contributed by atoms with Crippen molar-refractivity contribution < 1.29 is 24.2 Å². The Morgan fingerprint density at radius 2 is 2.23 bits per heavy atom. The number of carboxylic acid groups (broad SMARTS) is 1. The molecule has 1 amide bonds. The third-order valence-corrected chi connectivity index (χ3v) is 1.66. The summed E-state index contributed by atoms with van der Waals surface area (Å²) in [6.07, 6.45) is -0.973. The molecule has 6 nitrogen and oxygen atoms in total. The van der Waals surface area contributed by atoms with Crippen LogP contribution >= 0.6 is 0 Å². The first kappa shape index (κ1) is 9.50. The topological polar surface area (TPSA) is 92.7 Å². The molecule has 2 atom stereocenters. The van der Waals surface area contributed by atoms with Crippen LogP contribution in [0.15, 0.2) is 0 Å². The number of rotatable bonds is 2. The number of carbonyl (C=O) groups is 3. The van der Waals surface area contributed by atoms with Gasteiger partial charge in [0.15, 0.2) is 6.04 Å². The number of carbonyl (C=O) groups excluding carboxylic acids is 2. The van der Waals surface area contributed by atoms with Gasteiger partial charge in [-0.3, -0.25) is 9.59 Å². The van der Waals surface area contributed by atoms with Crippen molar-refractivity contribution in [3.8, 4) is 0 Å². The van der Waals surface area contributed by atoms with E-state index in [9.17, 15) is 14.4 Å². The van der Waals surface area contributed by atoms with Crippen molar-refractivity contribution in [2.24, 2.45) is 0 Å². The third kappa shape index (κ3) is 2.17. The highest BCUT2D eigenvalue weighted by atomic mass is 16.5. The van der Waals surface area contributed by atoms with Crippen LogP contribution in [0.3, 0.4) is 0 Å². The first-order valence-electron chi connectivity index (χ1n) is 3.70. The smallest absolute Gasteiger partial charge is 0.330 e. The van der Waals surface area contributed by atoms with Crippen LogP contribution in [0.5, 0.6) is 0 Å². The molecule has 1 fully saturated rings. The van der Waals surface area contributed by atoms with Gasteiger partial charge in [-0.05, 0) is 0 Å². The lowest BCUT2D eigenvalue weighted by molar-refractivity contribution is -0.151. The summed E-state index contributed by atoms with van der Waals surface area (Å²) < 4.78 is 4.65. The second-order valence-corrected chi connectivity index (χ2v) is 2.74. The van der Waals surface area contributed by atoms with Crippen molar-refractivity contribution in [1.82, 2.24) is 5.32 Å². The number of hydrogen-bond acceptors (Lipinski definition) is 4. The molecular weight excluding hydrogens is 178 g/mol. The number of amides is 1. The highest BCUT2D eigenvalue weighted by Gasteiger charge is 2.39. The van der Waals surface area contributed by atoms with Gasteiger partial charge in [-0.15, -0.1) is 0 Å². The highest BCUT2D eigenvalue weighted by Crippen LogP contribution is 2.12. The van der Waals surface area contributed by atoms with Crippen LogP contribution in [0.2, 0.25) is 0 Å². The molecule has 1 aliphatic heterocycles. The zero-order valence-electron chi connectivity index (χ0n) is 6.94. The molecule has 1 aliphatic rings. The molecule has 0 saturated carbocycles. The maximum absolute atomic E-state index is 10.8. The van der Waals surface area contributed by atoms with Crippen LogP contribution in [-0.4, -0.2) is 35.1 Å². The summed E-state index contributed by atoms with van der Waals surface area (Å²) in [5.74, 6) is -2.21. The van der Waals surface area contributed by atoms with Crippen molar-refractivity contribution in [1.29, 1.82) is 0 Å². The lowest BCUT2D eigenvalue weighted by atomic mass is 10.2. The second-order valence-electron chi connectivity index (χ2n) is 2.74. The zero-order chi connectivity index (χ0) is 10.0. The van der Waals surface area contributed by atoms with E-state index < -0.39 is 30.0 Å². The van der Waals surface area contributed by atoms with Crippen molar-refractivity contribution in [2.45, 2.75) is 25.5 Å². The van der Waals surface area contributed by atoms with Crippen molar-refractivity contribution in [3.63, 3.8) is 0 Å². The maximum Gasteiger partial charge on any atom is 0.330 e. The minimum Gasteiger partial charge on any atom is -0.480 e. The monoisotopic (exact) mass is 187 g/mol. The summed E-state index contributed by atoms with van der Waals surface area (Å²) in [4.78, 5) is 31.8. The van der Waals surface area contributed by atoms with Gasteiger partial charge in [0.2, 0.25) is 5.91 Å². The maximum atomic E-state index is 10.8. The van der Waals surface area contributed by atoms with Gasteiger partial charge < -0.3 is 15.2 Å². The van der Waals surface area contributed by atoms with E-state index in [1.165, 1.54) is 6.92 Å². The summed E-state index contributed by atoms with van der Waals surface area (Å²) in [6.45, 7) is 1.17. The molecule has 6 heteroatoms. The van der Waals surface area contributed by atoms with E-state index in [0.29, 0.717) is 0 Å². The minimum absolute atomic E-state index is 0.0868. The van der Waals surface area contributed by atoms with Gasteiger partial charge in [0.1, 0.15) is 6.10 Å². The number of nitrogens with one attached hydrogen (secondary N) is 1. The van der Waals surface area contributed by atoms with Crippen LogP contribution < -0.4 is 5.32 Å². The van der Waals surface area contributed by atoms with E-state index >= 15 is 0 Å². The van der Waals surface area contributed by atoms with Crippen LogP contribution in [0.1, 0.15) is 13.3 Å². The summed E-state index contributed by atoms with van der Waals surface area (Å²) in [6, 6.07) is -1.11. The van der Waals surface area contributed by atoms with Crippen LogP contribution in [-0.2, 0) is 19.1 Å². The molecule has 13 heavy (non-hydrogen) atoms. The van der Waals surface area contributed by atoms with Crippen molar-refractivity contribution >= 4 is 17.8 Å². The fourth-order valence-corrected chi connectivity index (χ4v) is 1.17. The quantitative estimate of drug-likeness (QED) is 0.535. The molecule has 0 aromatic heterocycles. The first-order valence-corrected chi connectivity index (χ1v) is 3.70. The Labute approximate surface area is 73.9 Å². The molecule has 0 unspecified atom stereocenters. The number of esters is 1. The zero-order valence-corrected chi connectivity index (χ0v) is 6.94. The largest absolute Gasteiger partial charge is 0.480 e. The van der Waals surface area contributed by atoms with Crippen LogP contribution in [0.4, 0.5) is 0 Å². The molecule has 0 radical (unpaired) electrons. The average Bonchev–Trinajstić information content (AvgIpc) is 2.29. The molecule has 0 spiro atoms. The first-order chi connectivity index (χ1) is 6.00. The number of hydrogen-bond donors (Lipinski definition) is 2. The third-order valence-electron chi connectivity index (χ3n) is 1.66. The summed E-state index contributed by atoms with van der Waals surface area (Å²) >= 11 is 0. The van der Waals surface area contributed by atoms with E-state index in [-0.39, 0.29) is 6.42 Å². The number of aliphatic carboxylic acids is 1. The summed E-state index contributed by atoms with van der Waals surface area (Å²) in [7, 11) is 0. The molecule has 0 aromatic carbocycles. The average molecular weight is 187 g/mol. The minimum atomic E-state index is -1.20. The highest BCUT2D eigenvalue weighted by molar-refractivity contribution is 5.89. The van der Waals surface area contributed by atoms with E-state index in [4.69, 9.17) is 5.11 Å². The predicted molar refractivity (Wildman–Crippen MR) is 39.7 cm³/mol. The summed E-state index contributed by atoms with van der Waals surface area (Å²) in [5, 5.41) is 10.8.